The smallest absolute Gasteiger partial charge is 0.336 e. The Morgan fingerprint density at radius 2 is 1.70 bits per heavy atom. The van der Waals surface area contributed by atoms with E-state index < -0.39 is 5.63 Å². The number of fused-ring (bicyclic) bond motifs is 1. The van der Waals surface area contributed by atoms with Crippen molar-refractivity contribution in [2.45, 2.75) is 6.92 Å². The number of benzene rings is 2. The maximum atomic E-state index is 11.7. The Balaban J connectivity index is 2.50. The Hall–Kier alpha value is -2.75. The number of hydrogen-bond donors (Lipinski definition) is 2. The molecule has 0 atom stereocenters. The molecule has 100 valence electrons. The van der Waals surface area contributed by atoms with E-state index in [0.717, 1.165) is 5.56 Å². The molecule has 0 spiro atoms. The van der Waals surface area contributed by atoms with Crippen LogP contribution in [0.25, 0.3) is 22.1 Å². The largest absolute Gasteiger partial charge is 0.507 e. The molecule has 0 aliphatic heterocycles. The molecule has 0 unspecified atom stereocenters. The second-order valence-electron chi connectivity index (χ2n) is 4.59. The third-order valence-corrected chi connectivity index (χ3v) is 3.30. The van der Waals surface area contributed by atoms with Gasteiger partial charge >= 0.3 is 5.63 Å². The number of phenolic OH excluding ortho intramolecular Hbond substituents is 2. The van der Waals surface area contributed by atoms with Gasteiger partial charge in [0.25, 0.3) is 0 Å². The van der Waals surface area contributed by atoms with Crippen molar-refractivity contribution >= 4 is 11.0 Å². The van der Waals surface area contributed by atoms with Gasteiger partial charge in [-0.25, -0.2) is 4.79 Å². The van der Waals surface area contributed by atoms with Crippen LogP contribution in [0, 0.1) is 6.92 Å². The number of aryl methyl sites for hydroxylation is 1. The summed E-state index contributed by atoms with van der Waals surface area (Å²) in [6.07, 6.45) is 0. The molecule has 0 aliphatic rings. The normalized spacial score (nSPS) is 10.8. The monoisotopic (exact) mass is 268 g/mol. The molecular formula is C16H12O4. The summed E-state index contributed by atoms with van der Waals surface area (Å²) in [5.41, 5.74) is 1.48. The summed E-state index contributed by atoms with van der Waals surface area (Å²) in [6.45, 7) is 1.63. The van der Waals surface area contributed by atoms with Gasteiger partial charge in [0.05, 0.1) is 5.39 Å². The zero-order chi connectivity index (χ0) is 14.3. The quantitative estimate of drug-likeness (QED) is 0.665. The molecule has 0 saturated carbocycles. The van der Waals surface area contributed by atoms with E-state index in [1.807, 2.05) is 30.3 Å². The highest BCUT2D eigenvalue weighted by Crippen LogP contribution is 2.38. The molecule has 0 aliphatic carbocycles. The zero-order valence-electron chi connectivity index (χ0n) is 10.8. The minimum Gasteiger partial charge on any atom is -0.507 e. The summed E-state index contributed by atoms with van der Waals surface area (Å²) in [4.78, 5) is 11.7. The van der Waals surface area contributed by atoms with Crippen LogP contribution in [-0.4, -0.2) is 10.2 Å². The number of phenols is 2. The van der Waals surface area contributed by atoms with Crippen molar-refractivity contribution in [3.8, 4) is 22.6 Å². The molecule has 2 aromatic carbocycles. The lowest BCUT2D eigenvalue weighted by atomic mass is 9.99. The van der Waals surface area contributed by atoms with Crippen LogP contribution in [0.2, 0.25) is 0 Å². The molecule has 1 aromatic heterocycles. The molecule has 3 rings (SSSR count). The molecule has 4 nitrogen and oxygen atoms in total. The molecule has 20 heavy (non-hydrogen) atoms. The summed E-state index contributed by atoms with van der Waals surface area (Å²) in [5, 5.41) is 20.2. The Bertz CT molecular complexity index is 848. The summed E-state index contributed by atoms with van der Waals surface area (Å²) < 4.78 is 5.14. The molecule has 1 heterocycles. The maximum Gasteiger partial charge on any atom is 0.336 e. The molecular weight excluding hydrogens is 256 g/mol. The van der Waals surface area contributed by atoms with Crippen LogP contribution in [0.15, 0.2) is 51.7 Å². The maximum absolute atomic E-state index is 11.7. The fourth-order valence-electron chi connectivity index (χ4n) is 2.28. The summed E-state index contributed by atoms with van der Waals surface area (Å²) in [6, 6.07) is 11.8. The molecule has 0 amide bonds. The van der Waals surface area contributed by atoms with E-state index in [2.05, 4.69) is 0 Å². The zero-order valence-corrected chi connectivity index (χ0v) is 10.8. The lowest BCUT2D eigenvalue weighted by Crippen LogP contribution is -1.99. The van der Waals surface area contributed by atoms with Gasteiger partial charge in [-0.1, -0.05) is 30.3 Å². The van der Waals surface area contributed by atoms with Crippen molar-refractivity contribution < 1.29 is 14.6 Å². The van der Waals surface area contributed by atoms with Gasteiger partial charge in [-0.05, 0) is 12.5 Å². The van der Waals surface area contributed by atoms with Crippen LogP contribution >= 0.6 is 0 Å². The highest BCUT2D eigenvalue weighted by molar-refractivity contribution is 5.99. The Morgan fingerprint density at radius 1 is 1.00 bits per heavy atom. The van der Waals surface area contributed by atoms with E-state index in [0.29, 0.717) is 16.5 Å². The van der Waals surface area contributed by atoms with Gasteiger partial charge in [-0.3, -0.25) is 0 Å². The van der Waals surface area contributed by atoms with Gasteiger partial charge in [-0.15, -0.1) is 0 Å². The first-order chi connectivity index (χ1) is 9.58. The topological polar surface area (TPSA) is 70.7 Å². The highest BCUT2D eigenvalue weighted by atomic mass is 16.4. The number of rotatable bonds is 1. The fourth-order valence-corrected chi connectivity index (χ4v) is 2.28. The van der Waals surface area contributed by atoms with E-state index in [1.165, 1.54) is 12.1 Å². The third-order valence-electron chi connectivity index (χ3n) is 3.30. The van der Waals surface area contributed by atoms with Crippen LogP contribution in [0.4, 0.5) is 0 Å². The molecule has 2 N–H and O–H groups in total. The van der Waals surface area contributed by atoms with E-state index in [9.17, 15) is 15.0 Å². The average molecular weight is 268 g/mol. The second-order valence-corrected chi connectivity index (χ2v) is 4.59. The first-order valence-corrected chi connectivity index (χ1v) is 6.12. The van der Waals surface area contributed by atoms with Crippen molar-refractivity contribution in [1.82, 2.24) is 0 Å². The highest BCUT2D eigenvalue weighted by Gasteiger charge is 2.16. The minimum atomic E-state index is -0.524. The van der Waals surface area contributed by atoms with Gasteiger partial charge in [0.1, 0.15) is 17.1 Å². The molecule has 0 bridgehead atoms. The van der Waals surface area contributed by atoms with E-state index in [-0.39, 0.29) is 17.1 Å². The van der Waals surface area contributed by atoms with E-state index >= 15 is 0 Å². The van der Waals surface area contributed by atoms with Crippen LogP contribution in [-0.2, 0) is 0 Å². The van der Waals surface area contributed by atoms with E-state index in [1.54, 1.807) is 6.92 Å². The standard InChI is InChI=1S/C16H12O4/c1-9-12(17)8-13(18)15-11(7-14(19)20-16(9)15)10-5-3-2-4-6-10/h2-8,17-18H,1H3. The second kappa shape index (κ2) is 4.42. The van der Waals surface area contributed by atoms with Crippen molar-refractivity contribution in [2.24, 2.45) is 0 Å². The van der Waals surface area contributed by atoms with Gasteiger partial charge in [-0.2, -0.15) is 0 Å². The lowest BCUT2D eigenvalue weighted by Gasteiger charge is -2.10. The van der Waals surface area contributed by atoms with Crippen molar-refractivity contribution in [3.63, 3.8) is 0 Å². The van der Waals surface area contributed by atoms with Crippen molar-refractivity contribution in [2.75, 3.05) is 0 Å². The number of aromatic hydroxyl groups is 2. The predicted octanol–water partition coefficient (Wildman–Crippen LogP) is 3.18. The SMILES string of the molecule is Cc1c(O)cc(O)c2c(-c3ccccc3)cc(=O)oc12. The van der Waals surface area contributed by atoms with E-state index in [4.69, 9.17) is 4.42 Å². The molecule has 0 radical (unpaired) electrons. The third kappa shape index (κ3) is 1.82. The van der Waals surface area contributed by atoms with Gasteiger partial charge < -0.3 is 14.6 Å². The van der Waals surface area contributed by atoms with Gasteiger partial charge in [0, 0.05) is 23.3 Å². The molecule has 3 aromatic rings. The Morgan fingerprint density at radius 3 is 2.40 bits per heavy atom. The van der Waals surface area contributed by atoms with Crippen LogP contribution in [0.1, 0.15) is 5.56 Å². The number of hydrogen-bond acceptors (Lipinski definition) is 4. The fraction of sp³-hybridized carbons (Fsp3) is 0.0625. The van der Waals surface area contributed by atoms with Crippen LogP contribution in [0.5, 0.6) is 11.5 Å². The summed E-state index contributed by atoms with van der Waals surface area (Å²) in [5.74, 6) is -0.228. The minimum absolute atomic E-state index is 0.108. The first kappa shape index (κ1) is 12.3. The lowest BCUT2D eigenvalue weighted by molar-refractivity contribution is 0.448. The van der Waals surface area contributed by atoms with Crippen molar-refractivity contribution in [1.29, 1.82) is 0 Å². The molecule has 4 heteroatoms. The Kier molecular flexibility index (Phi) is 2.71. The van der Waals surface area contributed by atoms with Crippen LogP contribution in [0.3, 0.4) is 0 Å². The average Bonchev–Trinajstić information content (AvgIpc) is 2.45. The first-order valence-electron chi connectivity index (χ1n) is 6.12. The van der Waals surface area contributed by atoms with Crippen LogP contribution < -0.4 is 5.63 Å². The van der Waals surface area contributed by atoms with Gasteiger partial charge in [0.15, 0.2) is 0 Å². The van der Waals surface area contributed by atoms with Crippen molar-refractivity contribution in [3.05, 3.63) is 58.4 Å². The Labute approximate surface area is 114 Å². The molecule has 0 fully saturated rings. The van der Waals surface area contributed by atoms with Gasteiger partial charge in [0.2, 0.25) is 0 Å². The summed E-state index contributed by atoms with van der Waals surface area (Å²) >= 11 is 0. The molecule has 0 saturated heterocycles. The predicted molar refractivity (Wildman–Crippen MR) is 76.0 cm³/mol. The summed E-state index contributed by atoms with van der Waals surface area (Å²) in [7, 11) is 0.